The Kier molecular flexibility index (Phi) is 13.5. The molecule has 0 aliphatic heterocycles. The number of nitrogens with zero attached hydrogens (tertiary/aromatic N) is 2. The van der Waals surface area contributed by atoms with Gasteiger partial charge in [0.25, 0.3) is 5.82 Å². The van der Waals surface area contributed by atoms with Crippen molar-refractivity contribution in [2.75, 3.05) is 11.8 Å². The van der Waals surface area contributed by atoms with E-state index in [1.165, 1.54) is 51.4 Å². The van der Waals surface area contributed by atoms with E-state index in [0.29, 0.717) is 13.1 Å². The number of hydrogen-bond acceptors (Lipinski definition) is 2. The van der Waals surface area contributed by atoms with Crippen molar-refractivity contribution in [2.24, 2.45) is 0 Å². The Bertz CT molecular complexity index is 439. The molecule has 0 bridgehead atoms. The molecule has 2 N–H and O–H groups in total. The lowest BCUT2D eigenvalue weighted by Crippen LogP contribution is -2.43. The lowest BCUT2D eigenvalue weighted by molar-refractivity contribution is -0.709. The minimum absolute atomic E-state index is 0.222. The highest BCUT2D eigenvalue weighted by Crippen LogP contribution is 2.12. The van der Waals surface area contributed by atoms with Crippen LogP contribution in [0.5, 0.6) is 0 Å². The summed E-state index contributed by atoms with van der Waals surface area (Å²) >= 11 is 11.5. The van der Waals surface area contributed by atoms with E-state index >= 15 is 0 Å². The summed E-state index contributed by atoms with van der Waals surface area (Å²) in [4.78, 5) is 0. The van der Waals surface area contributed by atoms with Crippen LogP contribution >= 0.6 is 23.2 Å². The fraction of sp³-hybridized carbons (Fsp3) is 0.850. The fourth-order valence-electron chi connectivity index (χ4n) is 3.26. The Morgan fingerprint density at radius 2 is 1.50 bits per heavy atom. The molecular weight excluding hydrogens is 371 g/mol. The van der Waals surface area contributed by atoms with Gasteiger partial charge in [0.15, 0.2) is 0 Å². The highest BCUT2D eigenvalue weighted by atomic mass is 35.5. The van der Waals surface area contributed by atoms with Gasteiger partial charge in [-0.2, -0.15) is 0 Å². The maximum absolute atomic E-state index is 9.87. The quantitative estimate of drug-likeness (QED) is 0.246. The largest absolute Gasteiger partial charge is 0.388 e. The molecule has 0 saturated carbocycles. The van der Waals surface area contributed by atoms with E-state index < -0.39 is 12.2 Å². The molecule has 0 radical (unpaired) electrons. The number of hydrogen-bond donors (Lipinski definition) is 2. The molecule has 4 nitrogen and oxygen atoms in total. The van der Waals surface area contributed by atoms with Crippen molar-refractivity contribution in [3.63, 3.8) is 0 Å². The number of alkyl halides is 2. The number of rotatable bonds is 16. The SMILES string of the molecule is CCCCCCCCCCCc1n(CC(O)CCl)cc[n+]1CC(O)CCl. The molecule has 152 valence electrons. The third-order valence-corrected chi connectivity index (χ3v) is 5.48. The van der Waals surface area contributed by atoms with E-state index in [1.54, 1.807) is 0 Å². The van der Waals surface area contributed by atoms with Gasteiger partial charge >= 0.3 is 0 Å². The lowest BCUT2D eigenvalue weighted by Gasteiger charge is -2.10. The summed E-state index contributed by atoms with van der Waals surface area (Å²) < 4.78 is 4.11. The highest BCUT2D eigenvalue weighted by molar-refractivity contribution is 6.18. The van der Waals surface area contributed by atoms with Crippen LogP contribution in [0.25, 0.3) is 0 Å². The summed E-state index contributed by atoms with van der Waals surface area (Å²) in [5.41, 5.74) is 0. The van der Waals surface area contributed by atoms with Crippen molar-refractivity contribution in [1.29, 1.82) is 0 Å². The van der Waals surface area contributed by atoms with E-state index in [9.17, 15) is 10.2 Å². The number of aromatic nitrogens is 2. The molecule has 1 heterocycles. The first-order valence-corrected chi connectivity index (χ1v) is 11.2. The van der Waals surface area contributed by atoms with Gasteiger partial charge in [0.2, 0.25) is 0 Å². The summed E-state index contributed by atoms with van der Waals surface area (Å²) in [7, 11) is 0. The zero-order valence-corrected chi connectivity index (χ0v) is 17.8. The molecule has 2 atom stereocenters. The molecule has 0 fully saturated rings. The predicted molar refractivity (Wildman–Crippen MR) is 109 cm³/mol. The van der Waals surface area contributed by atoms with Crippen LogP contribution < -0.4 is 4.57 Å². The number of unbranched alkanes of at least 4 members (excludes halogenated alkanes) is 8. The first-order valence-electron chi connectivity index (χ1n) is 10.2. The van der Waals surface area contributed by atoms with Gasteiger partial charge < -0.3 is 10.2 Å². The Hall–Kier alpha value is -0.290. The second-order valence-corrected chi connectivity index (χ2v) is 7.83. The first-order chi connectivity index (χ1) is 12.6. The molecule has 6 heteroatoms. The maximum atomic E-state index is 9.87. The zero-order valence-electron chi connectivity index (χ0n) is 16.3. The molecule has 26 heavy (non-hydrogen) atoms. The second-order valence-electron chi connectivity index (χ2n) is 7.21. The van der Waals surface area contributed by atoms with Crippen molar-refractivity contribution < 1.29 is 14.8 Å². The average molecular weight is 408 g/mol. The van der Waals surface area contributed by atoms with Gasteiger partial charge in [-0.15, -0.1) is 23.2 Å². The normalized spacial score (nSPS) is 13.9. The molecule has 0 aromatic carbocycles. The number of aliphatic hydroxyl groups excluding tert-OH is 2. The Morgan fingerprint density at radius 3 is 2.08 bits per heavy atom. The molecule has 0 saturated heterocycles. The van der Waals surface area contributed by atoms with Crippen LogP contribution in [0.4, 0.5) is 0 Å². The summed E-state index contributed by atoms with van der Waals surface area (Å²) in [5.74, 6) is 1.57. The van der Waals surface area contributed by atoms with Crippen LogP contribution in [0.3, 0.4) is 0 Å². The van der Waals surface area contributed by atoms with Gasteiger partial charge in [-0.1, -0.05) is 58.3 Å². The van der Waals surface area contributed by atoms with Crippen LogP contribution in [0, 0.1) is 0 Å². The van der Waals surface area contributed by atoms with Crippen LogP contribution in [-0.4, -0.2) is 38.7 Å². The number of halogens is 2. The summed E-state index contributed by atoms with van der Waals surface area (Å²) in [6.07, 6.45) is 15.4. The molecule has 2 unspecified atom stereocenters. The van der Waals surface area contributed by atoms with Crippen LogP contribution in [-0.2, 0) is 19.5 Å². The molecule has 0 aliphatic rings. The van der Waals surface area contributed by atoms with Gasteiger partial charge in [0, 0.05) is 6.42 Å². The lowest BCUT2D eigenvalue weighted by atomic mass is 10.1. The molecule has 0 spiro atoms. The standard InChI is InChI=1S/C20H37Cl2N2O2/c1-2-3-4-5-6-7-8-9-10-11-20-23(16-18(25)14-21)12-13-24(20)17-19(26)15-22/h12-13,18-19,25-26H,2-11,14-17H2,1H3/q+1. The van der Waals surface area contributed by atoms with Crippen molar-refractivity contribution in [1.82, 2.24) is 4.57 Å². The van der Waals surface area contributed by atoms with E-state index in [-0.39, 0.29) is 11.8 Å². The smallest absolute Gasteiger partial charge is 0.256 e. The van der Waals surface area contributed by atoms with E-state index in [1.807, 2.05) is 12.4 Å². The summed E-state index contributed by atoms with van der Waals surface area (Å²) in [6, 6.07) is 0. The Morgan fingerprint density at radius 1 is 0.923 bits per heavy atom. The van der Waals surface area contributed by atoms with E-state index in [2.05, 4.69) is 16.1 Å². The van der Waals surface area contributed by atoms with Crippen molar-refractivity contribution in [3.8, 4) is 0 Å². The van der Waals surface area contributed by atoms with Gasteiger partial charge in [-0.25, -0.2) is 9.13 Å². The van der Waals surface area contributed by atoms with Crippen LogP contribution in [0.1, 0.15) is 70.5 Å². The summed E-state index contributed by atoms with van der Waals surface area (Å²) in [6.45, 7) is 3.22. The molecular formula is C20H37Cl2N2O2+. The zero-order chi connectivity index (χ0) is 19.2. The van der Waals surface area contributed by atoms with E-state index in [4.69, 9.17) is 23.2 Å². The maximum Gasteiger partial charge on any atom is 0.256 e. The van der Waals surface area contributed by atoms with Gasteiger partial charge in [-0.3, -0.25) is 0 Å². The topological polar surface area (TPSA) is 49.3 Å². The minimum Gasteiger partial charge on any atom is -0.388 e. The first kappa shape index (κ1) is 23.7. The van der Waals surface area contributed by atoms with Gasteiger partial charge in [0.05, 0.1) is 11.8 Å². The average Bonchev–Trinajstić information content (AvgIpc) is 3.01. The van der Waals surface area contributed by atoms with Crippen LogP contribution in [0.2, 0.25) is 0 Å². The fourth-order valence-corrected chi connectivity index (χ4v) is 3.46. The highest BCUT2D eigenvalue weighted by Gasteiger charge is 2.21. The Labute approximate surface area is 169 Å². The van der Waals surface area contributed by atoms with E-state index in [0.717, 1.165) is 18.7 Å². The predicted octanol–water partition coefficient (Wildman–Crippen LogP) is 4.05. The van der Waals surface area contributed by atoms with Gasteiger partial charge in [-0.05, 0) is 6.42 Å². The number of imidazole rings is 1. The molecule has 1 aromatic rings. The molecule has 0 amide bonds. The van der Waals surface area contributed by atoms with Crippen LogP contribution in [0.15, 0.2) is 12.4 Å². The van der Waals surface area contributed by atoms with Gasteiger partial charge in [0.1, 0.15) is 37.7 Å². The number of aliphatic hydroxyl groups is 2. The molecule has 0 aliphatic carbocycles. The third-order valence-electron chi connectivity index (χ3n) is 4.76. The minimum atomic E-state index is -0.558. The van der Waals surface area contributed by atoms with Crippen molar-refractivity contribution >= 4 is 23.2 Å². The second kappa shape index (κ2) is 14.7. The van der Waals surface area contributed by atoms with Crippen molar-refractivity contribution in [2.45, 2.75) is 96.4 Å². The van der Waals surface area contributed by atoms with Crippen molar-refractivity contribution in [3.05, 3.63) is 18.2 Å². The monoisotopic (exact) mass is 407 g/mol. The third kappa shape index (κ3) is 9.59. The summed E-state index contributed by atoms with van der Waals surface area (Å²) in [5, 5.41) is 19.7. The molecule has 1 rings (SSSR count). The Balaban J connectivity index is 2.44. The molecule has 1 aromatic heterocycles.